The number of rotatable bonds is 6. The maximum absolute atomic E-state index is 13.7. The van der Waals surface area contributed by atoms with Crippen LogP contribution in [0.25, 0.3) is 33.7 Å². The molecule has 0 radical (unpaired) electrons. The molecule has 1 amide bonds. The highest BCUT2D eigenvalue weighted by atomic mass is 19.3. The number of halogens is 2. The molecule has 182 valence electrons. The Balaban J connectivity index is 1.46. The van der Waals surface area contributed by atoms with Gasteiger partial charge in [0.05, 0.1) is 17.8 Å². The van der Waals surface area contributed by atoms with Gasteiger partial charge < -0.3 is 19.8 Å². The van der Waals surface area contributed by atoms with Gasteiger partial charge in [0.15, 0.2) is 11.5 Å². The second kappa shape index (κ2) is 8.67. The SMILES string of the molecule is N[C@@H]1CCCN(C(=O)c2cnc3c(c2)nc(-c2cc4cccnc4n2CC2CC2)n3CC(F)F)C1. The number of piperidine rings is 1. The van der Waals surface area contributed by atoms with Crippen molar-refractivity contribution in [3.05, 3.63) is 42.2 Å². The maximum Gasteiger partial charge on any atom is 0.256 e. The zero-order chi connectivity index (χ0) is 24.1. The second-order valence-electron chi connectivity index (χ2n) is 9.66. The standard InChI is InChI=1S/C25H27F2N7O/c26-21(27)14-34-23-19(9-17(11-30-23)25(35)32-8-2-4-18(28)13-32)31-24(34)20-10-16-3-1-7-29-22(16)33(20)12-15-5-6-15/h1,3,7,9-11,15,18,21H,2,4-6,8,12-14,28H2/t18-/m1/s1. The van der Waals surface area contributed by atoms with Gasteiger partial charge in [-0.1, -0.05) is 0 Å². The first-order valence-electron chi connectivity index (χ1n) is 12.1. The van der Waals surface area contributed by atoms with Gasteiger partial charge in [0.1, 0.15) is 11.2 Å². The first kappa shape index (κ1) is 22.1. The Bertz CT molecular complexity index is 1410. The topological polar surface area (TPSA) is 94.9 Å². The van der Waals surface area contributed by atoms with E-state index in [1.54, 1.807) is 17.2 Å². The van der Waals surface area contributed by atoms with Crippen LogP contribution in [-0.2, 0) is 13.1 Å². The van der Waals surface area contributed by atoms with Crippen LogP contribution in [0.5, 0.6) is 0 Å². The van der Waals surface area contributed by atoms with E-state index in [4.69, 9.17) is 10.7 Å². The number of aromatic nitrogens is 5. The maximum atomic E-state index is 13.7. The molecule has 1 aliphatic heterocycles. The van der Waals surface area contributed by atoms with Gasteiger partial charge in [0, 0.05) is 43.5 Å². The molecule has 0 spiro atoms. The molecule has 4 aromatic rings. The normalized spacial score (nSPS) is 18.7. The van der Waals surface area contributed by atoms with Crippen LogP contribution >= 0.6 is 0 Å². The lowest BCUT2D eigenvalue weighted by Crippen LogP contribution is -2.45. The lowest BCUT2D eigenvalue weighted by Gasteiger charge is -2.30. The molecule has 6 rings (SSSR count). The lowest BCUT2D eigenvalue weighted by atomic mass is 10.1. The highest BCUT2D eigenvalue weighted by Gasteiger charge is 2.28. The van der Waals surface area contributed by atoms with Crippen LogP contribution < -0.4 is 5.73 Å². The summed E-state index contributed by atoms with van der Waals surface area (Å²) in [5.41, 5.74) is 8.74. The van der Waals surface area contributed by atoms with Crippen LogP contribution in [0.1, 0.15) is 36.0 Å². The number of nitrogens with zero attached hydrogens (tertiary/aromatic N) is 6. The number of carbonyl (C=O) groups excluding carboxylic acids is 1. The van der Waals surface area contributed by atoms with E-state index in [0.29, 0.717) is 41.6 Å². The predicted octanol–water partition coefficient (Wildman–Crippen LogP) is 3.69. The molecule has 35 heavy (non-hydrogen) atoms. The summed E-state index contributed by atoms with van der Waals surface area (Å²) in [6.07, 6.45) is 4.66. The molecule has 0 bridgehead atoms. The van der Waals surface area contributed by atoms with Crippen LogP contribution in [0.15, 0.2) is 36.7 Å². The van der Waals surface area contributed by atoms with E-state index in [-0.39, 0.29) is 11.9 Å². The first-order chi connectivity index (χ1) is 17.0. The van der Waals surface area contributed by atoms with Gasteiger partial charge in [-0.15, -0.1) is 0 Å². The molecule has 0 unspecified atom stereocenters. The van der Waals surface area contributed by atoms with Crippen molar-refractivity contribution >= 4 is 28.1 Å². The fraction of sp³-hybridized carbons (Fsp3) is 0.440. The molecular weight excluding hydrogens is 452 g/mol. The van der Waals surface area contributed by atoms with E-state index in [1.165, 1.54) is 10.8 Å². The van der Waals surface area contributed by atoms with Crippen molar-refractivity contribution in [3.8, 4) is 11.5 Å². The zero-order valence-corrected chi connectivity index (χ0v) is 19.3. The molecule has 8 nitrogen and oxygen atoms in total. The number of amides is 1. The Labute approximate surface area is 200 Å². The summed E-state index contributed by atoms with van der Waals surface area (Å²) in [5, 5.41) is 0.934. The Kier molecular flexibility index (Phi) is 5.47. The second-order valence-corrected chi connectivity index (χ2v) is 9.66. The van der Waals surface area contributed by atoms with E-state index in [1.807, 2.05) is 18.2 Å². The van der Waals surface area contributed by atoms with Gasteiger partial charge in [-0.3, -0.25) is 4.79 Å². The smallest absolute Gasteiger partial charge is 0.256 e. The zero-order valence-electron chi connectivity index (χ0n) is 19.3. The molecule has 0 aromatic carbocycles. The monoisotopic (exact) mass is 479 g/mol. The van der Waals surface area contributed by atoms with Gasteiger partial charge in [-0.2, -0.15) is 0 Å². The quantitative estimate of drug-likeness (QED) is 0.455. The number of alkyl halides is 2. The van der Waals surface area contributed by atoms with Crippen molar-refractivity contribution in [1.82, 2.24) is 29.0 Å². The summed E-state index contributed by atoms with van der Waals surface area (Å²) < 4.78 is 30.9. The molecule has 2 aliphatic rings. The molecule has 10 heteroatoms. The summed E-state index contributed by atoms with van der Waals surface area (Å²) >= 11 is 0. The first-order valence-corrected chi connectivity index (χ1v) is 12.1. The molecule has 1 saturated heterocycles. The molecule has 2 fully saturated rings. The Morgan fingerprint density at radius 3 is 2.77 bits per heavy atom. The van der Waals surface area contributed by atoms with Crippen LogP contribution in [0.4, 0.5) is 8.78 Å². The molecule has 4 aromatic heterocycles. The Morgan fingerprint density at radius 2 is 2.00 bits per heavy atom. The van der Waals surface area contributed by atoms with E-state index >= 15 is 0 Å². The third-order valence-electron chi connectivity index (χ3n) is 6.92. The van der Waals surface area contributed by atoms with Crippen LogP contribution in [-0.4, -0.2) is 60.5 Å². The van der Waals surface area contributed by atoms with Gasteiger partial charge in [-0.25, -0.2) is 23.7 Å². The number of hydrogen-bond acceptors (Lipinski definition) is 5. The number of pyridine rings is 2. The molecule has 1 saturated carbocycles. The van der Waals surface area contributed by atoms with Gasteiger partial charge >= 0.3 is 0 Å². The number of hydrogen-bond donors (Lipinski definition) is 1. The number of nitrogens with two attached hydrogens (primary N) is 1. The van der Waals surface area contributed by atoms with E-state index in [2.05, 4.69) is 14.5 Å². The van der Waals surface area contributed by atoms with Crippen molar-refractivity contribution in [2.24, 2.45) is 11.7 Å². The highest BCUT2D eigenvalue weighted by Crippen LogP contribution is 2.36. The fourth-order valence-electron chi connectivity index (χ4n) is 5.03. The van der Waals surface area contributed by atoms with E-state index in [0.717, 1.165) is 49.0 Å². The Morgan fingerprint density at radius 1 is 1.14 bits per heavy atom. The molecule has 1 atom stereocenters. The van der Waals surface area contributed by atoms with Crippen LogP contribution in [0.3, 0.4) is 0 Å². The number of fused-ring (bicyclic) bond motifs is 2. The molecule has 1 aliphatic carbocycles. The molecule has 5 heterocycles. The minimum Gasteiger partial charge on any atom is -0.337 e. The summed E-state index contributed by atoms with van der Waals surface area (Å²) in [7, 11) is 0. The van der Waals surface area contributed by atoms with Crippen molar-refractivity contribution in [3.63, 3.8) is 0 Å². The van der Waals surface area contributed by atoms with Crippen molar-refractivity contribution in [2.75, 3.05) is 13.1 Å². The number of likely N-dealkylation sites (tertiary alicyclic amines) is 1. The summed E-state index contributed by atoms with van der Waals surface area (Å²) in [4.78, 5) is 28.6. The number of carbonyl (C=O) groups is 1. The Hall–Kier alpha value is -3.40. The van der Waals surface area contributed by atoms with Crippen molar-refractivity contribution in [2.45, 2.75) is 51.2 Å². The summed E-state index contributed by atoms with van der Waals surface area (Å²) in [5.74, 6) is 0.806. The average Bonchev–Trinajstić information content (AvgIpc) is 3.51. The van der Waals surface area contributed by atoms with E-state index in [9.17, 15) is 13.6 Å². The van der Waals surface area contributed by atoms with Crippen LogP contribution in [0.2, 0.25) is 0 Å². The minimum atomic E-state index is -2.58. The summed E-state index contributed by atoms with van der Waals surface area (Å²) in [6, 6.07) is 7.40. The largest absolute Gasteiger partial charge is 0.337 e. The predicted molar refractivity (Wildman–Crippen MR) is 128 cm³/mol. The fourth-order valence-corrected chi connectivity index (χ4v) is 5.03. The van der Waals surface area contributed by atoms with Crippen molar-refractivity contribution in [1.29, 1.82) is 0 Å². The van der Waals surface area contributed by atoms with Gasteiger partial charge in [0.2, 0.25) is 0 Å². The van der Waals surface area contributed by atoms with Gasteiger partial charge in [0.25, 0.3) is 12.3 Å². The third kappa shape index (κ3) is 4.16. The molecular formula is C25H27F2N7O. The number of imidazole rings is 1. The molecule has 2 N–H and O–H groups in total. The lowest BCUT2D eigenvalue weighted by molar-refractivity contribution is 0.0708. The van der Waals surface area contributed by atoms with E-state index < -0.39 is 13.0 Å². The summed E-state index contributed by atoms with van der Waals surface area (Å²) in [6.45, 7) is 1.37. The highest BCUT2D eigenvalue weighted by molar-refractivity contribution is 5.97. The third-order valence-corrected chi connectivity index (χ3v) is 6.92. The van der Waals surface area contributed by atoms with Crippen molar-refractivity contribution < 1.29 is 13.6 Å². The van der Waals surface area contributed by atoms with Crippen LogP contribution in [0, 0.1) is 5.92 Å². The van der Waals surface area contributed by atoms with Gasteiger partial charge in [-0.05, 0) is 55.9 Å². The minimum absolute atomic E-state index is 0.0387. The average molecular weight is 480 g/mol.